The van der Waals surface area contributed by atoms with Crippen LogP contribution in [0, 0.1) is 6.92 Å². The fraction of sp³-hybridized carbons (Fsp3) is 0.538. The Kier molecular flexibility index (Phi) is 4.10. The summed E-state index contributed by atoms with van der Waals surface area (Å²) < 4.78 is 11.0. The maximum absolute atomic E-state index is 9.95. The SMILES string of the molecule is Cc1cc(O)c(OC(C)C)c(OC(C)C)c1O. The van der Waals surface area contributed by atoms with E-state index in [1.165, 1.54) is 6.07 Å². The summed E-state index contributed by atoms with van der Waals surface area (Å²) in [4.78, 5) is 0. The van der Waals surface area contributed by atoms with Gasteiger partial charge in [-0.25, -0.2) is 0 Å². The Labute approximate surface area is 102 Å². The second kappa shape index (κ2) is 5.17. The zero-order chi connectivity index (χ0) is 13.2. The number of ether oxygens (including phenoxy) is 2. The highest BCUT2D eigenvalue weighted by atomic mass is 16.5. The molecule has 4 nitrogen and oxygen atoms in total. The number of benzene rings is 1. The van der Waals surface area contributed by atoms with Crippen molar-refractivity contribution in [2.45, 2.75) is 46.8 Å². The Morgan fingerprint density at radius 2 is 1.41 bits per heavy atom. The van der Waals surface area contributed by atoms with Crippen LogP contribution in [-0.2, 0) is 0 Å². The van der Waals surface area contributed by atoms with Crippen molar-refractivity contribution in [3.63, 3.8) is 0 Å². The number of aryl methyl sites for hydroxylation is 1. The maximum atomic E-state index is 9.95. The molecule has 96 valence electrons. The molecule has 17 heavy (non-hydrogen) atoms. The number of hydrogen-bond donors (Lipinski definition) is 2. The van der Waals surface area contributed by atoms with Gasteiger partial charge in [-0.2, -0.15) is 0 Å². The molecule has 0 bridgehead atoms. The van der Waals surface area contributed by atoms with Crippen LogP contribution in [-0.4, -0.2) is 22.4 Å². The molecule has 1 rings (SSSR count). The molecule has 0 radical (unpaired) electrons. The van der Waals surface area contributed by atoms with Gasteiger partial charge in [0.25, 0.3) is 0 Å². The minimum Gasteiger partial charge on any atom is -0.504 e. The van der Waals surface area contributed by atoms with Crippen molar-refractivity contribution >= 4 is 0 Å². The van der Waals surface area contributed by atoms with Gasteiger partial charge in [0.05, 0.1) is 12.2 Å². The highest BCUT2D eigenvalue weighted by Gasteiger charge is 2.20. The first-order chi connectivity index (χ1) is 7.82. The fourth-order valence-corrected chi connectivity index (χ4v) is 1.44. The summed E-state index contributed by atoms with van der Waals surface area (Å²) in [6.45, 7) is 9.07. The Morgan fingerprint density at radius 3 is 1.88 bits per heavy atom. The average molecular weight is 240 g/mol. The van der Waals surface area contributed by atoms with Crippen molar-refractivity contribution in [3.8, 4) is 23.0 Å². The van der Waals surface area contributed by atoms with Crippen LogP contribution in [0.25, 0.3) is 0 Å². The van der Waals surface area contributed by atoms with E-state index in [4.69, 9.17) is 9.47 Å². The van der Waals surface area contributed by atoms with Crippen LogP contribution in [0.15, 0.2) is 6.07 Å². The molecule has 0 atom stereocenters. The third-order valence-corrected chi connectivity index (χ3v) is 2.09. The molecule has 0 spiro atoms. The van der Waals surface area contributed by atoms with Crippen molar-refractivity contribution in [2.75, 3.05) is 0 Å². The van der Waals surface area contributed by atoms with Gasteiger partial charge in [-0.3, -0.25) is 0 Å². The highest BCUT2D eigenvalue weighted by Crippen LogP contribution is 2.46. The second-order valence-electron chi connectivity index (χ2n) is 4.55. The minimum atomic E-state index is -0.114. The van der Waals surface area contributed by atoms with Crippen LogP contribution >= 0.6 is 0 Å². The quantitative estimate of drug-likeness (QED) is 0.794. The summed E-state index contributed by atoms with van der Waals surface area (Å²) in [5, 5.41) is 19.8. The van der Waals surface area contributed by atoms with Gasteiger partial charge in [0.2, 0.25) is 11.5 Å². The van der Waals surface area contributed by atoms with Crippen molar-refractivity contribution in [3.05, 3.63) is 11.6 Å². The Balaban J connectivity index is 3.28. The first-order valence-electron chi connectivity index (χ1n) is 5.71. The predicted octanol–water partition coefficient (Wildman–Crippen LogP) is 2.98. The lowest BCUT2D eigenvalue weighted by molar-refractivity contribution is 0.186. The lowest BCUT2D eigenvalue weighted by Crippen LogP contribution is -2.11. The third-order valence-electron chi connectivity index (χ3n) is 2.09. The van der Waals surface area contributed by atoms with Crippen LogP contribution in [0.5, 0.6) is 23.0 Å². The van der Waals surface area contributed by atoms with E-state index < -0.39 is 0 Å². The molecule has 0 unspecified atom stereocenters. The molecular formula is C13H20O4. The molecule has 0 aliphatic carbocycles. The number of rotatable bonds is 4. The van der Waals surface area contributed by atoms with E-state index in [1.807, 2.05) is 27.7 Å². The largest absolute Gasteiger partial charge is 0.504 e. The van der Waals surface area contributed by atoms with E-state index >= 15 is 0 Å². The lowest BCUT2D eigenvalue weighted by atomic mass is 10.1. The van der Waals surface area contributed by atoms with Crippen LogP contribution < -0.4 is 9.47 Å². The van der Waals surface area contributed by atoms with Gasteiger partial charge < -0.3 is 19.7 Å². The first kappa shape index (κ1) is 13.5. The van der Waals surface area contributed by atoms with E-state index in [9.17, 15) is 10.2 Å². The molecule has 4 heteroatoms. The summed E-state index contributed by atoms with van der Waals surface area (Å²) in [7, 11) is 0. The lowest BCUT2D eigenvalue weighted by Gasteiger charge is -2.20. The molecule has 0 aromatic heterocycles. The van der Waals surface area contributed by atoms with Gasteiger partial charge in [-0.15, -0.1) is 0 Å². The topological polar surface area (TPSA) is 58.9 Å². The average Bonchev–Trinajstić information content (AvgIpc) is 2.19. The number of hydrogen-bond acceptors (Lipinski definition) is 4. The van der Waals surface area contributed by atoms with Crippen molar-refractivity contribution in [1.29, 1.82) is 0 Å². The summed E-state index contributed by atoms with van der Waals surface area (Å²) in [6.07, 6.45) is -0.228. The first-order valence-corrected chi connectivity index (χ1v) is 5.71. The van der Waals surface area contributed by atoms with Crippen LogP contribution in [0.2, 0.25) is 0 Å². The molecule has 0 saturated carbocycles. The third kappa shape index (κ3) is 3.19. The maximum Gasteiger partial charge on any atom is 0.207 e. The molecule has 2 N–H and O–H groups in total. The van der Waals surface area contributed by atoms with E-state index in [0.29, 0.717) is 5.56 Å². The van der Waals surface area contributed by atoms with E-state index in [1.54, 1.807) is 6.92 Å². The van der Waals surface area contributed by atoms with Crippen molar-refractivity contribution in [1.82, 2.24) is 0 Å². The zero-order valence-electron chi connectivity index (χ0n) is 10.9. The van der Waals surface area contributed by atoms with Gasteiger partial charge in [-0.05, 0) is 46.2 Å². The standard InChI is InChI=1S/C13H20O4/c1-7(2)16-12-10(14)6-9(5)11(15)13(12)17-8(3)4/h6-8,14-15H,1-5H3. The van der Waals surface area contributed by atoms with Gasteiger partial charge >= 0.3 is 0 Å². The van der Waals surface area contributed by atoms with E-state index in [-0.39, 0.29) is 35.2 Å². The van der Waals surface area contributed by atoms with E-state index in [2.05, 4.69) is 0 Å². The number of aromatic hydroxyl groups is 2. The molecule has 0 amide bonds. The van der Waals surface area contributed by atoms with Gasteiger partial charge in [0, 0.05) is 0 Å². The normalized spacial score (nSPS) is 11.0. The Hall–Kier alpha value is -1.58. The second-order valence-corrected chi connectivity index (χ2v) is 4.55. The van der Waals surface area contributed by atoms with Crippen LogP contribution in [0.3, 0.4) is 0 Å². The van der Waals surface area contributed by atoms with Gasteiger partial charge in [0.15, 0.2) is 11.5 Å². The van der Waals surface area contributed by atoms with Gasteiger partial charge in [-0.1, -0.05) is 0 Å². The number of phenolic OH excluding ortho intramolecular Hbond substituents is 2. The fourth-order valence-electron chi connectivity index (χ4n) is 1.44. The monoisotopic (exact) mass is 240 g/mol. The smallest absolute Gasteiger partial charge is 0.207 e. The van der Waals surface area contributed by atoms with Crippen molar-refractivity contribution < 1.29 is 19.7 Å². The number of phenols is 2. The molecular weight excluding hydrogens is 220 g/mol. The molecule has 0 saturated heterocycles. The minimum absolute atomic E-state index is 0.00662. The van der Waals surface area contributed by atoms with Gasteiger partial charge in [0.1, 0.15) is 0 Å². The molecule has 0 aliphatic heterocycles. The predicted molar refractivity (Wildman–Crippen MR) is 66.0 cm³/mol. The summed E-state index contributed by atoms with van der Waals surface area (Å²) in [6, 6.07) is 1.46. The molecule has 0 aliphatic rings. The molecule has 1 aromatic carbocycles. The summed E-state index contributed by atoms with van der Waals surface area (Å²) in [5.74, 6) is 0.375. The summed E-state index contributed by atoms with van der Waals surface area (Å²) >= 11 is 0. The molecule has 0 fully saturated rings. The summed E-state index contributed by atoms with van der Waals surface area (Å²) in [5.41, 5.74) is 0.550. The van der Waals surface area contributed by atoms with Crippen LogP contribution in [0.1, 0.15) is 33.3 Å². The zero-order valence-corrected chi connectivity index (χ0v) is 10.9. The van der Waals surface area contributed by atoms with Crippen molar-refractivity contribution in [2.24, 2.45) is 0 Å². The highest BCUT2D eigenvalue weighted by molar-refractivity contribution is 5.61. The Bertz CT molecular complexity index is 397. The van der Waals surface area contributed by atoms with Crippen LogP contribution in [0.4, 0.5) is 0 Å². The molecule has 1 aromatic rings. The Morgan fingerprint density at radius 1 is 0.941 bits per heavy atom. The van der Waals surface area contributed by atoms with E-state index in [0.717, 1.165) is 0 Å². The molecule has 0 heterocycles.